The van der Waals surface area contributed by atoms with E-state index >= 15 is 0 Å². The van der Waals surface area contributed by atoms with Gasteiger partial charge in [0.25, 0.3) is 0 Å². The maximum absolute atomic E-state index is 5.86. The molecule has 1 N–H and O–H groups in total. The molecule has 0 saturated carbocycles. The molecule has 0 fully saturated rings. The molecule has 1 aromatic heterocycles. The number of aromatic nitrogens is 1. The normalized spacial score (nSPS) is 10.6. The predicted molar refractivity (Wildman–Crippen MR) is 69.5 cm³/mol. The summed E-state index contributed by atoms with van der Waals surface area (Å²) in [6.07, 6.45) is 0. The van der Waals surface area contributed by atoms with Crippen molar-refractivity contribution in [3.05, 3.63) is 46.8 Å². The Kier molecular flexibility index (Phi) is 3.99. The van der Waals surface area contributed by atoms with Crippen molar-refractivity contribution in [1.82, 2.24) is 10.5 Å². The summed E-state index contributed by atoms with van der Waals surface area (Å²) >= 11 is 0. The van der Waals surface area contributed by atoms with Crippen molar-refractivity contribution < 1.29 is 9.26 Å². The zero-order chi connectivity index (χ0) is 13.0. The van der Waals surface area contributed by atoms with Gasteiger partial charge in [-0.05, 0) is 26.5 Å². The summed E-state index contributed by atoms with van der Waals surface area (Å²) in [5.41, 5.74) is 3.09. The summed E-state index contributed by atoms with van der Waals surface area (Å²) in [5, 5.41) is 7.06. The van der Waals surface area contributed by atoms with Crippen LogP contribution >= 0.6 is 0 Å². The van der Waals surface area contributed by atoms with Gasteiger partial charge in [0.2, 0.25) is 0 Å². The molecule has 96 valence electrons. The van der Waals surface area contributed by atoms with Crippen LogP contribution in [-0.4, -0.2) is 12.2 Å². The van der Waals surface area contributed by atoms with Crippen LogP contribution in [0.25, 0.3) is 0 Å². The van der Waals surface area contributed by atoms with Crippen LogP contribution in [0.4, 0.5) is 0 Å². The highest BCUT2D eigenvalue weighted by molar-refractivity contribution is 5.40. The first-order chi connectivity index (χ1) is 8.70. The zero-order valence-electron chi connectivity index (χ0n) is 11.0. The van der Waals surface area contributed by atoms with Crippen molar-refractivity contribution >= 4 is 0 Å². The maximum atomic E-state index is 5.86. The largest absolute Gasteiger partial charge is 0.487 e. The Morgan fingerprint density at radius 2 is 2.17 bits per heavy atom. The highest BCUT2D eigenvalue weighted by atomic mass is 16.5. The third-order valence-electron chi connectivity index (χ3n) is 2.70. The molecule has 4 nitrogen and oxygen atoms in total. The fraction of sp³-hybridized carbons (Fsp3) is 0.357. The second kappa shape index (κ2) is 5.69. The Balaban J connectivity index is 2.12. The molecule has 0 aliphatic rings. The smallest absolute Gasteiger partial charge is 0.134 e. The van der Waals surface area contributed by atoms with Crippen LogP contribution in [0.3, 0.4) is 0 Å². The van der Waals surface area contributed by atoms with Gasteiger partial charge in [0.05, 0.1) is 0 Å². The Bertz CT molecular complexity index is 520. The van der Waals surface area contributed by atoms with E-state index < -0.39 is 0 Å². The SMILES string of the molecule is CNCc1cccc(C)c1OCc1cc(C)on1. The third-order valence-corrected chi connectivity index (χ3v) is 2.70. The quantitative estimate of drug-likeness (QED) is 0.881. The number of aryl methyl sites for hydroxylation is 2. The minimum Gasteiger partial charge on any atom is -0.487 e. The minimum atomic E-state index is 0.429. The van der Waals surface area contributed by atoms with Crippen LogP contribution in [0.2, 0.25) is 0 Å². The maximum Gasteiger partial charge on any atom is 0.134 e. The summed E-state index contributed by atoms with van der Waals surface area (Å²) in [6, 6.07) is 8.03. The van der Waals surface area contributed by atoms with Crippen molar-refractivity contribution in [2.45, 2.75) is 27.0 Å². The van der Waals surface area contributed by atoms with E-state index in [0.717, 1.165) is 34.9 Å². The van der Waals surface area contributed by atoms with Gasteiger partial charge < -0.3 is 14.6 Å². The molecule has 1 heterocycles. The fourth-order valence-electron chi connectivity index (χ4n) is 1.88. The molecule has 0 aliphatic carbocycles. The molecule has 0 atom stereocenters. The second-order valence-corrected chi connectivity index (χ2v) is 4.31. The first-order valence-electron chi connectivity index (χ1n) is 5.99. The van der Waals surface area contributed by atoms with Gasteiger partial charge in [-0.2, -0.15) is 0 Å². The van der Waals surface area contributed by atoms with Crippen molar-refractivity contribution in [2.75, 3.05) is 7.05 Å². The van der Waals surface area contributed by atoms with E-state index in [1.807, 2.05) is 39.1 Å². The number of hydrogen-bond donors (Lipinski definition) is 1. The highest BCUT2D eigenvalue weighted by Crippen LogP contribution is 2.24. The highest BCUT2D eigenvalue weighted by Gasteiger charge is 2.08. The lowest BCUT2D eigenvalue weighted by Gasteiger charge is -2.12. The first-order valence-corrected chi connectivity index (χ1v) is 5.99. The molecule has 1 aromatic carbocycles. The topological polar surface area (TPSA) is 47.3 Å². The van der Waals surface area contributed by atoms with E-state index in [2.05, 4.69) is 16.5 Å². The van der Waals surface area contributed by atoms with Crippen LogP contribution < -0.4 is 10.1 Å². The minimum absolute atomic E-state index is 0.429. The van der Waals surface area contributed by atoms with Crippen molar-refractivity contribution in [3.63, 3.8) is 0 Å². The van der Waals surface area contributed by atoms with E-state index in [9.17, 15) is 0 Å². The summed E-state index contributed by atoms with van der Waals surface area (Å²) < 4.78 is 10.9. The van der Waals surface area contributed by atoms with Gasteiger partial charge in [0, 0.05) is 18.2 Å². The summed E-state index contributed by atoms with van der Waals surface area (Å²) in [4.78, 5) is 0. The average Bonchev–Trinajstić information content (AvgIpc) is 2.75. The zero-order valence-corrected chi connectivity index (χ0v) is 11.0. The molecule has 18 heavy (non-hydrogen) atoms. The Morgan fingerprint density at radius 1 is 1.33 bits per heavy atom. The van der Waals surface area contributed by atoms with Crippen LogP contribution in [0.15, 0.2) is 28.8 Å². The van der Waals surface area contributed by atoms with Gasteiger partial charge in [-0.25, -0.2) is 0 Å². The predicted octanol–water partition coefficient (Wildman–Crippen LogP) is 2.59. The molecule has 0 spiro atoms. The molecule has 2 aromatic rings. The monoisotopic (exact) mass is 246 g/mol. The summed E-state index contributed by atoms with van der Waals surface area (Å²) in [6.45, 7) is 5.13. The third kappa shape index (κ3) is 2.90. The molecule has 0 aliphatic heterocycles. The van der Waals surface area contributed by atoms with Crippen molar-refractivity contribution in [1.29, 1.82) is 0 Å². The van der Waals surface area contributed by atoms with Crippen LogP contribution in [0, 0.1) is 13.8 Å². The molecule has 0 unspecified atom stereocenters. The van der Waals surface area contributed by atoms with Gasteiger partial charge in [-0.1, -0.05) is 23.4 Å². The van der Waals surface area contributed by atoms with E-state index in [1.54, 1.807) is 0 Å². The summed E-state index contributed by atoms with van der Waals surface area (Å²) in [7, 11) is 1.92. The lowest BCUT2D eigenvalue weighted by molar-refractivity contribution is 0.283. The lowest BCUT2D eigenvalue weighted by atomic mass is 10.1. The number of rotatable bonds is 5. The van der Waals surface area contributed by atoms with E-state index in [-0.39, 0.29) is 0 Å². The van der Waals surface area contributed by atoms with E-state index in [1.165, 1.54) is 0 Å². The van der Waals surface area contributed by atoms with Gasteiger partial charge in [0.1, 0.15) is 23.8 Å². The first kappa shape index (κ1) is 12.6. The van der Waals surface area contributed by atoms with E-state index in [4.69, 9.17) is 9.26 Å². The van der Waals surface area contributed by atoms with Crippen LogP contribution in [-0.2, 0) is 13.2 Å². The van der Waals surface area contributed by atoms with Crippen molar-refractivity contribution in [2.24, 2.45) is 0 Å². The molecule has 4 heteroatoms. The van der Waals surface area contributed by atoms with Gasteiger partial charge in [-0.3, -0.25) is 0 Å². The average molecular weight is 246 g/mol. The molecule has 0 bridgehead atoms. The standard InChI is InChI=1S/C14H18N2O2/c1-10-5-4-6-12(8-15-3)14(10)17-9-13-7-11(2)18-16-13/h4-7,15H,8-9H2,1-3H3. The number of nitrogens with one attached hydrogen (secondary N) is 1. The number of hydrogen-bond acceptors (Lipinski definition) is 4. The number of nitrogens with zero attached hydrogens (tertiary/aromatic N) is 1. The van der Waals surface area contributed by atoms with Crippen LogP contribution in [0.1, 0.15) is 22.6 Å². The van der Waals surface area contributed by atoms with Crippen LogP contribution in [0.5, 0.6) is 5.75 Å². The van der Waals surface area contributed by atoms with E-state index in [0.29, 0.717) is 6.61 Å². The van der Waals surface area contributed by atoms with Gasteiger partial charge in [0.15, 0.2) is 0 Å². The number of ether oxygens (including phenoxy) is 1. The molecular formula is C14H18N2O2. The van der Waals surface area contributed by atoms with Gasteiger partial charge in [-0.15, -0.1) is 0 Å². The number of para-hydroxylation sites is 1. The molecule has 0 radical (unpaired) electrons. The molecule has 2 rings (SSSR count). The lowest BCUT2D eigenvalue weighted by Crippen LogP contribution is -2.08. The fourth-order valence-corrected chi connectivity index (χ4v) is 1.88. The molecular weight excluding hydrogens is 228 g/mol. The van der Waals surface area contributed by atoms with Gasteiger partial charge >= 0.3 is 0 Å². The second-order valence-electron chi connectivity index (χ2n) is 4.31. The Hall–Kier alpha value is -1.81. The van der Waals surface area contributed by atoms with Crippen molar-refractivity contribution in [3.8, 4) is 5.75 Å². The number of benzene rings is 1. The summed E-state index contributed by atoms with van der Waals surface area (Å²) in [5.74, 6) is 1.72. The molecule has 0 saturated heterocycles. The molecule has 0 amide bonds. The Labute approximate surface area is 107 Å². The Morgan fingerprint density at radius 3 is 2.83 bits per heavy atom.